The number of nitrogen functional groups attached to an aromatic ring is 1. The minimum atomic E-state index is -0.0668. The molecule has 1 aromatic heterocycles. The molecule has 2 rings (SSSR count). The van der Waals surface area contributed by atoms with Crippen LogP contribution in [-0.2, 0) is 9.47 Å². The molecule has 0 aliphatic carbocycles. The molecular formula is C13H20ClN3O2. The zero-order chi connectivity index (χ0) is 13.7. The van der Waals surface area contributed by atoms with E-state index in [1.807, 2.05) is 6.07 Å². The van der Waals surface area contributed by atoms with E-state index in [0.717, 1.165) is 18.5 Å². The number of nitrogens with two attached hydrogens (primary N) is 1. The Kier molecular flexibility index (Phi) is 5.39. The summed E-state index contributed by atoms with van der Waals surface area (Å²) in [5, 5.41) is 4.01. The number of pyridine rings is 1. The molecule has 0 amide bonds. The number of hydrogen-bond acceptors (Lipinski definition) is 5. The smallest absolute Gasteiger partial charge is 0.128 e. The molecule has 2 heterocycles. The highest BCUT2D eigenvalue weighted by molar-refractivity contribution is 6.30. The zero-order valence-corrected chi connectivity index (χ0v) is 11.8. The molecule has 3 N–H and O–H groups in total. The fourth-order valence-electron chi connectivity index (χ4n) is 2.15. The largest absolute Gasteiger partial charge is 0.383 e. The molecule has 2 unspecified atom stereocenters. The van der Waals surface area contributed by atoms with Crippen LogP contribution in [0.1, 0.15) is 24.9 Å². The monoisotopic (exact) mass is 285 g/mol. The number of anilines is 1. The predicted molar refractivity (Wildman–Crippen MR) is 75.3 cm³/mol. The summed E-state index contributed by atoms with van der Waals surface area (Å²) in [6.45, 7) is 4.77. The molecule has 1 fully saturated rings. The maximum absolute atomic E-state index is 6.02. The van der Waals surface area contributed by atoms with Crippen LogP contribution in [0.25, 0.3) is 0 Å². The highest BCUT2D eigenvalue weighted by Crippen LogP contribution is 2.27. The Bertz CT molecular complexity index is 411. The molecule has 2 atom stereocenters. The van der Waals surface area contributed by atoms with E-state index in [-0.39, 0.29) is 12.1 Å². The molecule has 0 aromatic carbocycles. The summed E-state index contributed by atoms with van der Waals surface area (Å²) in [5.41, 5.74) is 6.83. The summed E-state index contributed by atoms with van der Waals surface area (Å²) in [7, 11) is 0. The maximum Gasteiger partial charge on any atom is 0.128 e. The van der Waals surface area contributed by atoms with Gasteiger partial charge in [-0.25, -0.2) is 4.98 Å². The van der Waals surface area contributed by atoms with Gasteiger partial charge >= 0.3 is 0 Å². The van der Waals surface area contributed by atoms with Gasteiger partial charge in [-0.15, -0.1) is 0 Å². The fourth-order valence-corrected chi connectivity index (χ4v) is 2.32. The van der Waals surface area contributed by atoms with Crippen LogP contribution in [0.15, 0.2) is 12.3 Å². The van der Waals surface area contributed by atoms with Crippen molar-refractivity contribution < 1.29 is 9.47 Å². The number of rotatable bonds is 5. The molecule has 106 valence electrons. The lowest BCUT2D eigenvalue weighted by atomic mass is 10.0. The van der Waals surface area contributed by atoms with Gasteiger partial charge in [0, 0.05) is 11.8 Å². The van der Waals surface area contributed by atoms with Crippen molar-refractivity contribution in [1.82, 2.24) is 10.3 Å². The van der Waals surface area contributed by atoms with E-state index in [1.165, 1.54) is 0 Å². The van der Waals surface area contributed by atoms with Crippen molar-refractivity contribution in [2.75, 3.05) is 32.1 Å². The molecule has 0 saturated carbocycles. The standard InChI is InChI=1S/C13H20ClN3O2/c1-2-3-16-12(11-8-18-4-5-19-11)10-6-9(14)7-17-13(10)15/h6-7,11-12,16H,2-5,8H2,1H3,(H2,15,17). The maximum atomic E-state index is 6.02. The van der Waals surface area contributed by atoms with Gasteiger partial charge in [0.25, 0.3) is 0 Å². The van der Waals surface area contributed by atoms with E-state index in [0.29, 0.717) is 30.7 Å². The quantitative estimate of drug-likeness (QED) is 0.863. The lowest BCUT2D eigenvalue weighted by molar-refractivity contribution is -0.102. The van der Waals surface area contributed by atoms with E-state index in [4.69, 9.17) is 26.8 Å². The Morgan fingerprint density at radius 2 is 2.42 bits per heavy atom. The van der Waals surface area contributed by atoms with Crippen molar-refractivity contribution in [3.05, 3.63) is 22.8 Å². The van der Waals surface area contributed by atoms with Crippen LogP contribution in [0.3, 0.4) is 0 Å². The Hall–Kier alpha value is -0.880. The van der Waals surface area contributed by atoms with Gasteiger partial charge in [0.15, 0.2) is 0 Å². The van der Waals surface area contributed by atoms with Gasteiger partial charge in [0.05, 0.1) is 30.9 Å². The molecule has 1 aliphatic heterocycles. The van der Waals surface area contributed by atoms with Crippen molar-refractivity contribution in [2.45, 2.75) is 25.5 Å². The summed E-state index contributed by atoms with van der Waals surface area (Å²) < 4.78 is 11.2. The lowest BCUT2D eigenvalue weighted by Crippen LogP contribution is -2.41. The molecule has 19 heavy (non-hydrogen) atoms. The van der Waals surface area contributed by atoms with Gasteiger partial charge in [-0.2, -0.15) is 0 Å². The first-order valence-corrected chi connectivity index (χ1v) is 6.93. The number of aromatic nitrogens is 1. The fraction of sp³-hybridized carbons (Fsp3) is 0.615. The average molecular weight is 286 g/mol. The van der Waals surface area contributed by atoms with Crippen LogP contribution < -0.4 is 11.1 Å². The molecule has 1 aromatic rings. The first kappa shape index (κ1) is 14.5. The summed E-state index contributed by atoms with van der Waals surface area (Å²) >= 11 is 6.02. The van der Waals surface area contributed by atoms with Crippen molar-refractivity contribution in [3.63, 3.8) is 0 Å². The van der Waals surface area contributed by atoms with Crippen molar-refractivity contribution >= 4 is 17.4 Å². The van der Waals surface area contributed by atoms with Gasteiger partial charge in [-0.1, -0.05) is 18.5 Å². The van der Waals surface area contributed by atoms with E-state index < -0.39 is 0 Å². The van der Waals surface area contributed by atoms with Crippen LogP contribution in [0, 0.1) is 0 Å². The predicted octanol–water partition coefficient (Wildman–Crippen LogP) is 1.77. The van der Waals surface area contributed by atoms with Gasteiger partial charge in [0.1, 0.15) is 11.9 Å². The highest BCUT2D eigenvalue weighted by atomic mass is 35.5. The Morgan fingerprint density at radius 3 is 3.11 bits per heavy atom. The first-order chi connectivity index (χ1) is 9.22. The molecule has 0 bridgehead atoms. The minimum absolute atomic E-state index is 0.0496. The second-order valence-electron chi connectivity index (χ2n) is 4.54. The molecule has 1 aliphatic rings. The number of hydrogen-bond donors (Lipinski definition) is 2. The van der Waals surface area contributed by atoms with Crippen LogP contribution in [0.4, 0.5) is 5.82 Å². The lowest BCUT2D eigenvalue weighted by Gasteiger charge is -2.31. The van der Waals surface area contributed by atoms with E-state index in [9.17, 15) is 0 Å². The number of ether oxygens (including phenoxy) is 2. The average Bonchev–Trinajstić information content (AvgIpc) is 2.44. The summed E-state index contributed by atoms with van der Waals surface area (Å²) in [4.78, 5) is 4.11. The van der Waals surface area contributed by atoms with Gasteiger partial charge in [-0.05, 0) is 19.0 Å². The third kappa shape index (κ3) is 3.79. The molecule has 0 spiro atoms. The number of nitrogens with zero attached hydrogens (tertiary/aromatic N) is 1. The second kappa shape index (κ2) is 7.05. The highest BCUT2D eigenvalue weighted by Gasteiger charge is 2.28. The Labute approximate surface area is 118 Å². The summed E-state index contributed by atoms with van der Waals surface area (Å²) in [6, 6.07) is 1.79. The van der Waals surface area contributed by atoms with Crippen LogP contribution >= 0.6 is 11.6 Å². The van der Waals surface area contributed by atoms with Crippen LogP contribution in [-0.4, -0.2) is 37.5 Å². The van der Waals surface area contributed by atoms with Gasteiger partial charge in [-0.3, -0.25) is 0 Å². The molecule has 0 radical (unpaired) electrons. The summed E-state index contributed by atoms with van der Waals surface area (Å²) in [6.07, 6.45) is 2.51. The van der Waals surface area contributed by atoms with Gasteiger partial charge in [0.2, 0.25) is 0 Å². The Balaban J connectivity index is 2.22. The normalized spacial score (nSPS) is 21.3. The Morgan fingerprint density at radius 1 is 1.58 bits per heavy atom. The van der Waals surface area contributed by atoms with Crippen molar-refractivity contribution in [3.8, 4) is 0 Å². The number of nitrogens with one attached hydrogen (secondary N) is 1. The van der Waals surface area contributed by atoms with Crippen LogP contribution in [0.2, 0.25) is 5.02 Å². The van der Waals surface area contributed by atoms with E-state index in [1.54, 1.807) is 6.20 Å². The van der Waals surface area contributed by atoms with E-state index >= 15 is 0 Å². The third-order valence-electron chi connectivity index (χ3n) is 3.08. The topological polar surface area (TPSA) is 69.4 Å². The SMILES string of the molecule is CCCNC(c1cc(Cl)cnc1N)C1COCCO1. The molecule has 1 saturated heterocycles. The van der Waals surface area contributed by atoms with Crippen LogP contribution in [0.5, 0.6) is 0 Å². The van der Waals surface area contributed by atoms with Crippen molar-refractivity contribution in [2.24, 2.45) is 0 Å². The van der Waals surface area contributed by atoms with E-state index in [2.05, 4.69) is 17.2 Å². The van der Waals surface area contributed by atoms with Gasteiger partial charge < -0.3 is 20.5 Å². The first-order valence-electron chi connectivity index (χ1n) is 6.56. The molecule has 6 heteroatoms. The van der Waals surface area contributed by atoms with Crippen molar-refractivity contribution in [1.29, 1.82) is 0 Å². The summed E-state index contributed by atoms with van der Waals surface area (Å²) in [5.74, 6) is 0.479. The number of halogens is 1. The second-order valence-corrected chi connectivity index (χ2v) is 4.98. The third-order valence-corrected chi connectivity index (χ3v) is 3.29. The zero-order valence-electron chi connectivity index (χ0n) is 11.1. The molecular weight excluding hydrogens is 266 g/mol. The molecule has 5 nitrogen and oxygen atoms in total. The minimum Gasteiger partial charge on any atom is -0.383 e.